The summed E-state index contributed by atoms with van der Waals surface area (Å²) in [4.78, 5) is 17.0. The molecule has 5 nitrogen and oxygen atoms in total. The van der Waals surface area contributed by atoms with Crippen LogP contribution in [0.5, 0.6) is 0 Å². The fourth-order valence-electron chi connectivity index (χ4n) is 4.09. The van der Waals surface area contributed by atoms with E-state index in [4.69, 9.17) is 0 Å². The van der Waals surface area contributed by atoms with E-state index >= 15 is 0 Å². The average Bonchev–Trinajstić information content (AvgIpc) is 2.69. The predicted octanol–water partition coefficient (Wildman–Crippen LogP) is 2.47. The van der Waals surface area contributed by atoms with Gasteiger partial charge in [0.1, 0.15) is 5.82 Å². The Balaban J connectivity index is 1.26. The van der Waals surface area contributed by atoms with E-state index in [0.717, 1.165) is 68.9 Å². The highest BCUT2D eigenvalue weighted by Crippen LogP contribution is 2.18. The molecule has 2 heterocycles. The molecule has 0 radical (unpaired) electrons. The average molecular weight is 370 g/mol. The minimum Gasteiger partial charge on any atom is -0.369 e. The molecule has 1 aliphatic heterocycles. The van der Waals surface area contributed by atoms with Crippen molar-refractivity contribution in [3.8, 4) is 0 Å². The molecule has 1 saturated heterocycles. The van der Waals surface area contributed by atoms with Gasteiger partial charge in [-0.05, 0) is 61.9 Å². The third-order valence-corrected chi connectivity index (χ3v) is 5.68. The Hall–Kier alpha value is -2.21. The van der Waals surface area contributed by atoms with E-state index in [1.807, 2.05) is 12.1 Å². The monoisotopic (exact) mass is 370 g/mol. The molecule has 1 fully saturated rings. The summed E-state index contributed by atoms with van der Waals surface area (Å²) < 4.78 is 14.7. The summed E-state index contributed by atoms with van der Waals surface area (Å²) >= 11 is 0. The highest BCUT2D eigenvalue weighted by Gasteiger charge is 2.17. The van der Waals surface area contributed by atoms with Crippen LogP contribution in [0.25, 0.3) is 0 Å². The Kier molecular flexibility index (Phi) is 5.53. The molecule has 0 saturated carbocycles. The summed E-state index contributed by atoms with van der Waals surface area (Å²) in [6, 6.07) is 8.53. The Morgan fingerprint density at radius 3 is 2.48 bits per heavy atom. The van der Waals surface area contributed by atoms with Crippen molar-refractivity contribution >= 4 is 5.69 Å². The maximum Gasteiger partial charge on any atom is 0.267 e. The molecule has 4 rings (SSSR count). The SMILES string of the molecule is O=c1cc2c(nn1CCCN1CCN(c3ccc(F)cc3)CC1)CCCC2. The lowest BCUT2D eigenvalue weighted by atomic mass is 9.97. The summed E-state index contributed by atoms with van der Waals surface area (Å²) in [6.07, 6.45) is 5.28. The molecule has 0 atom stereocenters. The van der Waals surface area contributed by atoms with Crippen LogP contribution in [-0.4, -0.2) is 47.4 Å². The molecule has 6 heteroatoms. The van der Waals surface area contributed by atoms with Crippen molar-refractivity contribution < 1.29 is 4.39 Å². The van der Waals surface area contributed by atoms with Gasteiger partial charge in [0.15, 0.2) is 0 Å². The largest absolute Gasteiger partial charge is 0.369 e. The number of benzene rings is 1. The molecule has 1 aromatic heterocycles. The van der Waals surface area contributed by atoms with Gasteiger partial charge >= 0.3 is 0 Å². The first-order valence-corrected chi connectivity index (χ1v) is 10.0. The summed E-state index contributed by atoms with van der Waals surface area (Å²) in [5.74, 6) is -0.191. The lowest BCUT2D eigenvalue weighted by Gasteiger charge is -2.36. The van der Waals surface area contributed by atoms with Crippen molar-refractivity contribution in [2.45, 2.75) is 38.6 Å². The van der Waals surface area contributed by atoms with Gasteiger partial charge in [-0.15, -0.1) is 0 Å². The van der Waals surface area contributed by atoms with Gasteiger partial charge in [-0.2, -0.15) is 5.10 Å². The second kappa shape index (κ2) is 8.21. The second-order valence-corrected chi connectivity index (χ2v) is 7.54. The zero-order chi connectivity index (χ0) is 18.6. The molecule has 27 heavy (non-hydrogen) atoms. The van der Waals surface area contributed by atoms with Gasteiger partial charge in [0.2, 0.25) is 0 Å². The maximum absolute atomic E-state index is 13.1. The first-order chi connectivity index (χ1) is 13.2. The minimum absolute atomic E-state index is 0.0387. The van der Waals surface area contributed by atoms with Crippen LogP contribution in [-0.2, 0) is 19.4 Å². The number of rotatable bonds is 5. The van der Waals surface area contributed by atoms with Crippen molar-refractivity contribution in [1.29, 1.82) is 0 Å². The summed E-state index contributed by atoms with van der Waals surface area (Å²) in [6.45, 7) is 5.53. The second-order valence-electron chi connectivity index (χ2n) is 7.54. The number of halogens is 1. The van der Waals surface area contributed by atoms with Crippen LogP contribution in [0.2, 0.25) is 0 Å². The molecule has 0 unspecified atom stereocenters. The Morgan fingerprint density at radius 1 is 0.963 bits per heavy atom. The first-order valence-electron chi connectivity index (χ1n) is 10.0. The molecule has 2 aromatic rings. The van der Waals surface area contributed by atoms with Gasteiger partial charge in [-0.25, -0.2) is 9.07 Å². The number of nitrogens with zero attached hydrogens (tertiary/aromatic N) is 4. The van der Waals surface area contributed by atoms with Crippen molar-refractivity contribution in [1.82, 2.24) is 14.7 Å². The summed E-state index contributed by atoms with van der Waals surface area (Å²) in [5.41, 5.74) is 3.39. The van der Waals surface area contributed by atoms with Crippen LogP contribution < -0.4 is 10.5 Å². The van der Waals surface area contributed by atoms with E-state index < -0.39 is 0 Å². The molecular weight excluding hydrogens is 343 g/mol. The molecule has 144 valence electrons. The summed E-state index contributed by atoms with van der Waals surface area (Å²) in [5, 5.41) is 4.60. The highest BCUT2D eigenvalue weighted by atomic mass is 19.1. The number of aryl methyl sites for hydroxylation is 3. The molecule has 0 spiro atoms. The van der Waals surface area contributed by atoms with Gasteiger partial charge in [0, 0.05) is 51.0 Å². The van der Waals surface area contributed by atoms with Gasteiger partial charge < -0.3 is 4.90 Å². The zero-order valence-corrected chi connectivity index (χ0v) is 15.7. The third kappa shape index (κ3) is 4.38. The van der Waals surface area contributed by atoms with Gasteiger partial charge in [-0.1, -0.05) is 0 Å². The number of aromatic nitrogens is 2. The van der Waals surface area contributed by atoms with Crippen LogP contribution in [0.1, 0.15) is 30.5 Å². The molecular formula is C21H27FN4O. The molecule has 1 aromatic carbocycles. The number of piperazine rings is 1. The maximum atomic E-state index is 13.1. The fourth-order valence-corrected chi connectivity index (χ4v) is 4.09. The van der Waals surface area contributed by atoms with Crippen molar-refractivity contribution in [2.75, 3.05) is 37.6 Å². The Labute approximate surface area is 159 Å². The van der Waals surface area contributed by atoms with E-state index in [2.05, 4.69) is 14.9 Å². The zero-order valence-electron chi connectivity index (χ0n) is 15.7. The van der Waals surface area contributed by atoms with E-state index in [-0.39, 0.29) is 11.4 Å². The minimum atomic E-state index is -0.191. The smallest absolute Gasteiger partial charge is 0.267 e. The van der Waals surface area contributed by atoms with E-state index in [0.29, 0.717) is 6.54 Å². The highest BCUT2D eigenvalue weighted by molar-refractivity contribution is 5.46. The fraction of sp³-hybridized carbons (Fsp3) is 0.524. The molecule has 0 bridgehead atoms. The van der Waals surface area contributed by atoms with E-state index in [9.17, 15) is 9.18 Å². The molecule has 2 aliphatic rings. The molecule has 1 aliphatic carbocycles. The normalized spacial score (nSPS) is 17.7. The number of anilines is 1. The molecule has 0 amide bonds. The standard InChI is InChI=1S/C21H27FN4O/c22-18-6-8-19(9-7-18)25-14-12-24(13-15-25)10-3-11-26-21(27)16-17-4-1-2-5-20(17)23-26/h6-9,16H,1-5,10-15H2. The van der Waals surface area contributed by atoms with Crippen molar-refractivity contribution in [3.63, 3.8) is 0 Å². The van der Waals surface area contributed by atoms with Crippen molar-refractivity contribution in [2.24, 2.45) is 0 Å². The van der Waals surface area contributed by atoms with E-state index in [1.165, 1.54) is 25.0 Å². The number of hydrogen-bond donors (Lipinski definition) is 0. The van der Waals surface area contributed by atoms with Crippen LogP contribution >= 0.6 is 0 Å². The van der Waals surface area contributed by atoms with Crippen LogP contribution in [0.15, 0.2) is 35.1 Å². The third-order valence-electron chi connectivity index (χ3n) is 5.68. The van der Waals surface area contributed by atoms with Gasteiger partial charge in [-0.3, -0.25) is 9.69 Å². The lowest BCUT2D eigenvalue weighted by molar-refractivity contribution is 0.248. The number of hydrogen-bond acceptors (Lipinski definition) is 4. The number of fused-ring (bicyclic) bond motifs is 1. The van der Waals surface area contributed by atoms with Gasteiger partial charge in [0.05, 0.1) is 5.69 Å². The lowest BCUT2D eigenvalue weighted by Crippen LogP contribution is -2.46. The quantitative estimate of drug-likeness (QED) is 0.811. The summed E-state index contributed by atoms with van der Waals surface area (Å²) in [7, 11) is 0. The van der Waals surface area contributed by atoms with Gasteiger partial charge in [0.25, 0.3) is 5.56 Å². The Morgan fingerprint density at radius 2 is 1.70 bits per heavy atom. The van der Waals surface area contributed by atoms with Crippen molar-refractivity contribution in [3.05, 3.63) is 57.8 Å². The molecule has 0 N–H and O–H groups in total. The predicted molar refractivity (Wildman–Crippen MR) is 105 cm³/mol. The van der Waals surface area contributed by atoms with E-state index in [1.54, 1.807) is 10.7 Å². The van der Waals surface area contributed by atoms with Crippen LogP contribution in [0, 0.1) is 5.82 Å². The van der Waals surface area contributed by atoms with Crippen LogP contribution in [0.3, 0.4) is 0 Å². The topological polar surface area (TPSA) is 41.4 Å². The first kappa shape index (κ1) is 18.2. The Bertz CT molecular complexity index is 825. The van der Waals surface area contributed by atoms with Crippen LogP contribution in [0.4, 0.5) is 10.1 Å².